The van der Waals surface area contributed by atoms with Crippen molar-refractivity contribution in [2.75, 3.05) is 36.2 Å². The molecule has 126 valence electrons. The molecule has 0 amide bonds. The molecule has 0 spiro atoms. The van der Waals surface area contributed by atoms with Crippen molar-refractivity contribution in [1.82, 2.24) is 4.90 Å². The molecule has 2 bridgehead atoms. The van der Waals surface area contributed by atoms with Crippen molar-refractivity contribution in [2.45, 2.75) is 32.3 Å². The first-order valence-electron chi connectivity index (χ1n) is 8.46. The van der Waals surface area contributed by atoms with Crippen LogP contribution < -0.4 is 9.04 Å². The summed E-state index contributed by atoms with van der Waals surface area (Å²) in [4.78, 5) is 2.41. The Balaban J connectivity index is 1.64. The highest BCUT2D eigenvalue weighted by molar-refractivity contribution is 7.92. The highest BCUT2D eigenvalue weighted by Crippen LogP contribution is 2.42. The summed E-state index contributed by atoms with van der Waals surface area (Å²) in [6, 6.07) is 7.45. The minimum absolute atomic E-state index is 0.0480. The third-order valence-electron chi connectivity index (χ3n) is 5.41. The van der Waals surface area contributed by atoms with Gasteiger partial charge in [-0.15, -0.1) is 0 Å². The maximum atomic E-state index is 13.2. The molecular formula is C17H24N2O3S. The van der Waals surface area contributed by atoms with Crippen LogP contribution >= 0.6 is 0 Å². The summed E-state index contributed by atoms with van der Waals surface area (Å²) >= 11 is 0. The number of benzene rings is 1. The van der Waals surface area contributed by atoms with Crippen LogP contribution in [0.1, 0.15) is 26.2 Å². The van der Waals surface area contributed by atoms with Gasteiger partial charge in [0.2, 0.25) is 10.0 Å². The molecule has 2 fully saturated rings. The first-order valence-corrected chi connectivity index (χ1v) is 10.1. The Morgan fingerprint density at radius 2 is 2.09 bits per heavy atom. The van der Waals surface area contributed by atoms with E-state index in [0.717, 1.165) is 38.9 Å². The molecule has 5 nitrogen and oxygen atoms in total. The molecule has 0 aromatic heterocycles. The normalized spacial score (nSPS) is 33.2. The Morgan fingerprint density at radius 3 is 2.96 bits per heavy atom. The quantitative estimate of drug-likeness (QED) is 0.848. The lowest BCUT2D eigenvalue weighted by Crippen LogP contribution is -2.47. The second kappa shape index (κ2) is 5.38. The monoisotopic (exact) mass is 336 g/mol. The van der Waals surface area contributed by atoms with Gasteiger partial charge in [0.05, 0.1) is 18.0 Å². The molecule has 3 heterocycles. The van der Waals surface area contributed by atoms with Gasteiger partial charge in [-0.05, 0) is 51.4 Å². The zero-order chi connectivity index (χ0) is 16.1. The molecule has 6 heteroatoms. The van der Waals surface area contributed by atoms with Crippen LogP contribution in [0.25, 0.3) is 0 Å². The lowest BCUT2D eigenvalue weighted by atomic mass is 9.83. The van der Waals surface area contributed by atoms with Crippen LogP contribution in [0.3, 0.4) is 0 Å². The molecule has 23 heavy (non-hydrogen) atoms. The lowest BCUT2D eigenvalue weighted by molar-refractivity contribution is 0.201. The van der Waals surface area contributed by atoms with E-state index in [1.807, 2.05) is 31.2 Å². The van der Waals surface area contributed by atoms with Gasteiger partial charge >= 0.3 is 0 Å². The van der Waals surface area contributed by atoms with E-state index in [1.165, 1.54) is 0 Å². The Labute approximate surface area is 138 Å². The van der Waals surface area contributed by atoms with Crippen LogP contribution in [0.5, 0.6) is 5.75 Å². The van der Waals surface area contributed by atoms with Gasteiger partial charge in [0.1, 0.15) is 11.9 Å². The maximum Gasteiger partial charge on any atom is 0.236 e. The number of anilines is 1. The van der Waals surface area contributed by atoms with Crippen LogP contribution in [0.2, 0.25) is 0 Å². The molecule has 3 aliphatic rings. The molecule has 0 aliphatic carbocycles. The number of para-hydroxylation sites is 2. The van der Waals surface area contributed by atoms with Crippen LogP contribution in [0.15, 0.2) is 24.3 Å². The van der Waals surface area contributed by atoms with Crippen molar-refractivity contribution in [3.05, 3.63) is 24.3 Å². The van der Waals surface area contributed by atoms with Crippen LogP contribution in [0.4, 0.5) is 5.69 Å². The van der Waals surface area contributed by atoms with Gasteiger partial charge in [-0.3, -0.25) is 4.31 Å². The number of rotatable bonds is 3. The van der Waals surface area contributed by atoms with Crippen LogP contribution in [0, 0.1) is 5.41 Å². The first kappa shape index (κ1) is 15.3. The standard InChI is InChI=1S/C17H24N2O3S/c1-14-11-19(15-5-2-3-6-16(15)22-14)23(20,21)13-17-7-4-9-18(12-17)10-8-17/h2-3,5-6,14H,4,7-13H2,1H3. The van der Waals surface area contributed by atoms with E-state index in [-0.39, 0.29) is 17.3 Å². The smallest absolute Gasteiger partial charge is 0.236 e. The fourth-order valence-electron chi connectivity index (χ4n) is 4.37. The Kier molecular flexibility index (Phi) is 3.57. The number of piperidine rings is 1. The van der Waals surface area contributed by atoms with E-state index in [9.17, 15) is 8.42 Å². The predicted molar refractivity (Wildman–Crippen MR) is 90.4 cm³/mol. The number of hydrogen-bond donors (Lipinski definition) is 0. The van der Waals surface area contributed by atoms with Crippen molar-refractivity contribution in [3.63, 3.8) is 0 Å². The number of fused-ring (bicyclic) bond motifs is 3. The molecule has 1 aromatic rings. The van der Waals surface area contributed by atoms with Crippen molar-refractivity contribution < 1.29 is 13.2 Å². The molecule has 3 aliphatic heterocycles. The molecular weight excluding hydrogens is 312 g/mol. The van der Waals surface area contributed by atoms with E-state index < -0.39 is 10.0 Å². The van der Waals surface area contributed by atoms with Gasteiger partial charge in [-0.25, -0.2) is 8.42 Å². The zero-order valence-corrected chi connectivity index (χ0v) is 14.4. The molecule has 1 aromatic carbocycles. The summed E-state index contributed by atoms with van der Waals surface area (Å²) in [6.45, 7) is 5.44. The summed E-state index contributed by atoms with van der Waals surface area (Å²) < 4.78 is 33.8. The first-order chi connectivity index (χ1) is 11.0. The van der Waals surface area contributed by atoms with Gasteiger partial charge in [-0.2, -0.15) is 0 Å². The second-order valence-corrected chi connectivity index (χ2v) is 9.21. The van der Waals surface area contributed by atoms with Crippen molar-refractivity contribution in [2.24, 2.45) is 5.41 Å². The summed E-state index contributed by atoms with van der Waals surface area (Å²) in [5, 5.41) is 0. The Hall–Kier alpha value is -1.27. The SMILES string of the molecule is CC1CN(S(=O)(=O)CC23CCCN(CC2)C3)c2ccccc2O1. The van der Waals surface area contributed by atoms with Gasteiger partial charge in [0.25, 0.3) is 0 Å². The topological polar surface area (TPSA) is 49.9 Å². The number of nitrogens with zero attached hydrogens (tertiary/aromatic N) is 2. The summed E-state index contributed by atoms with van der Waals surface area (Å²) in [5.74, 6) is 0.932. The highest BCUT2D eigenvalue weighted by atomic mass is 32.2. The molecule has 0 N–H and O–H groups in total. The lowest BCUT2D eigenvalue weighted by Gasteiger charge is -2.38. The summed E-state index contributed by atoms with van der Waals surface area (Å²) in [6.07, 6.45) is 3.03. The van der Waals surface area contributed by atoms with E-state index >= 15 is 0 Å². The molecule has 2 saturated heterocycles. The fraction of sp³-hybridized carbons (Fsp3) is 0.647. The Morgan fingerprint density at radius 1 is 1.26 bits per heavy atom. The van der Waals surface area contributed by atoms with Crippen molar-refractivity contribution in [1.29, 1.82) is 0 Å². The molecule has 0 radical (unpaired) electrons. The summed E-state index contributed by atoms with van der Waals surface area (Å²) in [7, 11) is -3.35. The third kappa shape index (κ3) is 2.72. The van der Waals surface area contributed by atoms with E-state index in [0.29, 0.717) is 18.0 Å². The minimum Gasteiger partial charge on any atom is -0.487 e. The van der Waals surface area contributed by atoms with Gasteiger partial charge in [-0.1, -0.05) is 12.1 Å². The largest absolute Gasteiger partial charge is 0.487 e. The van der Waals surface area contributed by atoms with Crippen molar-refractivity contribution in [3.8, 4) is 5.75 Å². The predicted octanol–water partition coefficient (Wildman–Crippen LogP) is 2.09. The van der Waals surface area contributed by atoms with Crippen molar-refractivity contribution >= 4 is 15.7 Å². The van der Waals surface area contributed by atoms with E-state index in [4.69, 9.17) is 4.74 Å². The zero-order valence-electron chi connectivity index (χ0n) is 13.6. The molecule has 0 saturated carbocycles. The molecule has 3 atom stereocenters. The van der Waals surface area contributed by atoms with Crippen LogP contribution in [-0.2, 0) is 10.0 Å². The van der Waals surface area contributed by atoms with E-state index in [1.54, 1.807) is 4.31 Å². The molecule has 4 rings (SSSR count). The van der Waals surface area contributed by atoms with E-state index in [2.05, 4.69) is 4.90 Å². The van der Waals surface area contributed by atoms with Gasteiger partial charge in [0, 0.05) is 12.0 Å². The maximum absolute atomic E-state index is 13.2. The second-order valence-electron chi connectivity index (χ2n) is 7.31. The minimum atomic E-state index is -3.35. The average molecular weight is 336 g/mol. The third-order valence-corrected chi connectivity index (χ3v) is 7.40. The molecule has 3 unspecified atom stereocenters. The van der Waals surface area contributed by atoms with Crippen LogP contribution in [-0.4, -0.2) is 51.4 Å². The number of ether oxygens (including phenoxy) is 1. The summed E-state index contributed by atoms with van der Waals surface area (Å²) in [5.41, 5.74) is 0.640. The number of hydrogen-bond acceptors (Lipinski definition) is 4. The average Bonchev–Trinajstić information content (AvgIpc) is 2.79. The number of sulfonamides is 1. The Bertz CT molecular complexity index is 702. The van der Waals surface area contributed by atoms with Gasteiger partial charge in [0.15, 0.2) is 0 Å². The fourth-order valence-corrected chi connectivity index (χ4v) is 6.56. The van der Waals surface area contributed by atoms with Gasteiger partial charge < -0.3 is 9.64 Å². The highest BCUT2D eigenvalue weighted by Gasteiger charge is 2.46.